The number of hydrogen-bond donors (Lipinski definition) is 1. The molecule has 5 heteroatoms. The van der Waals surface area contributed by atoms with Gasteiger partial charge in [-0.3, -0.25) is 9.59 Å². The summed E-state index contributed by atoms with van der Waals surface area (Å²) in [6.07, 6.45) is 0.0929. The standard InChI is InChI=1S/C10H11N3O2/c1-7-2-3-8(6-11)10(15)13(7)5-4-9(12)14/h2-3H,4-5H2,1H3,(H2,12,14). The molecule has 0 aliphatic carbocycles. The van der Waals surface area contributed by atoms with Crippen LogP contribution in [-0.4, -0.2) is 10.5 Å². The Labute approximate surface area is 86.7 Å². The van der Waals surface area contributed by atoms with E-state index in [4.69, 9.17) is 11.0 Å². The minimum atomic E-state index is -0.469. The van der Waals surface area contributed by atoms with Crippen LogP contribution in [-0.2, 0) is 11.3 Å². The number of rotatable bonds is 3. The highest BCUT2D eigenvalue weighted by molar-refractivity contribution is 5.73. The molecule has 1 amide bonds. The van der Waals surface area contributed by atoms with Crippen LogP contribution in [0.15, 0.2) is 16.9 Å². The van der Waals surface area contributed by atoms with Crippen LogP contribution in [0.1, 0.15) is 17.7 Å². The second-order valence-corrected chi connectivity index (χ2v) is 3.17. The van der Waals surface area contributed by atoms with Crippen LogP contribution in [0, 0.1) is 18.3 Å². The van der Waals surface area contributed by atoms with Crippen molar-refractivity contribution in [3.05, 3.63) is 33.7 Å². The van der Waals surface area contributed by atoms with E-state index in [1.807, 2.05) is 0 Å². The van der Waals surface area contributed by atoms with Crippen LogP contribution < -0.4 is 11.3 Å². The number of nitriles is 1. The molecule has 2 N–H and O–H groups in total. The lowest BCUT2D eigenvalue weighted by atomic mass is 10.2. The van der Waals surface area contributed by atoms with E-state index in [2.05, 4.69) is 0 Å². The van der Waals surface area contributed by atoms with Gasteiger partial charge in [0.2, 0.25) is 5.91 Å². The fraction of sp³-hybridized carbons (Fsp3) is 0.300. The monoisotopic (exact) mass is 205 g/mol. The zero-order valence-electron chi connectivity index (χ0n) is 8.36. The molecule has 0 saturated heterocycles. The summed E-state index contributed by atoms with van der Waals surface area (Å²) in [5, 5.41) is 8.66. The predicted molar refractivity (Wildman–Crippen MR) is 54.0 cm³/mol. The van der Waals surface area contributed by atoms with Gasteiger partial charge in [-0.05, 0) is 19.1 Å². The number of pyridine rings is 1. The fourth-order valence-corrected chi connectivity index (χ4v) is 1.26. The molecule has 1 aromatic rings. The highest BCUT2D eigenvalue weighted by Crippen LogP contribution is 1.98. The van der Waals surface area contributed by atoms with Gasteiger partial charge in [-0.1, -0.05) is 0 Å². The lowest BCUT2D eigenvalue weighted by molar-refractivity contribution is -0.118. The lowest BCUT2D eigenvalue weighted by Crippen LogP contribution is -2.26. The minimum Gasteiger partial charge on any atom is -0.370 e. The van der Waals surface area contributed by atoms with E-state index in [9.17, 15) is 9.59 Å². The molecular weight excluding hydrogens is 194 g/mol. The van der Waals surface area contributed by atoms with E-state index in [-0.39, 0.29) is 24.1 Å². The maximum atomic E-state index is 11.6. The number of carbonyl (C=O) groups excluding carboxylic acids is 1. The van der Waals surface area contributed by atoms with Crippen molar-refractivity contribution in [3.8, 4) is 6.07 Å². The molecule has 1 aromatic heterocycles. The Balaban J connectivity index is 3.11. The van der Waals surface area contributed by atoms with Gasteiger partial charge < -0.3 is 10.3 Å². The first-order valence-electron chi connectivity index (χ1n) is 4.45. The number of nitrogens with two attached hydrogens (primary N) is 1. The van der Waals surface area contributed by atoms with Crippen molar-refractivity contribution in [2.75, 3.05) is 0 Å². The van der Waals surface area contributed by atoms with Gasteiger partial charge in [-0.15, -0.1) is 0 Å². The van der Waals surface area contributed by atoms with E-state index < -0.39 is 5.91 Å². The first kappa shape index (κ1) is 11.0. The fourth-order valence-electron chi connectivity index (χ4n) is 1.26. The number of carbonyl (C=O) groups is 1. The predicted octanol–water partition coefficient (Wildman–Crippen LogP) is -0.0962. The molecule has 0 atom stereocenters. The molecule has 0 aliphatic rings. The van der Waals surface area contributed by atoms with Crippen molar-refractivity contribution >= 4 is 5.91 Å². The largest absolute Gasteiger partial charge is 0.370 e. The molecule has 1 heterocycles. The van der Waals surface area contributed by atoms with Crippen molar-refractivity contribution in [1.29, 1.82) is 5.26 Å². The molecule has 15 heavy (non-hydrogen) atoms. The number of nitrogens with zero attached hydrogens (tertiary/aromatic N) is 2. The molecule has 0 saturated carbocycles. The summed E-state index contributed by atoms with van der Waals surface area (Å²) in [6.45, 7) is 1.96. The van der Waals surface area contributed by atoms with Crippen LogP contribution in [0.4, 0.5) is 0 Å². The third kappa shape index (κ3) is 2.44. The summed E-state index contributed by atoms with van der Waals surface area (Å²) in [4.78, 5) is 22.2. The van der Waals surface area contributed by atoms with Crippen molar-refractivity contribution in [3.63, 3.8) is 0 Å². The van der Waals surface area contributed by atoms with Crippen LogP contribution in [0.2, 0.25) is 0 Å². The zero-order chi connectivity index (χ0) is 11.4. The van der Waals surface area contributed by atoms with E-state index in [0.29, 0.717) is 5.69 Å². The van der Waals surface area contributed by atoms with Crippen molar-refractivity contribution < 1.29 is 4.79 Å². The molecule has 5 nitrogen and oxygen atoms in total. The molecule has 0 fully saturated rings. The summed E-state index contributed by atoms with van der Waals surface area (Å²) in [7, 11) is 0. The highest BCUT2D eigenvalue weighted by Gasteiger charge is 2.06. The maximum Gasteiger partial charge on any atom is 0.268 e. The number of amides is 1. The molecule has 0 radical (unpaired) electrons. The van der Waals surface area contributed by atoms with Crippen molar-refractivity contribution in [1.82, 2.24) is 4.57 Å². The third-order valence-corrected chi connectivity index (χ3v) is 2.09. The Morgan fingerprint density at radius 2 is 2.27 bits per heavy atom. The number of aryl methyl sites for hydroxylation is 1. The molecule has 0 spiro atoms. The summed E-state index contributed by atoms with van der Waals surface area (Å²) in [6, 6.07) is 4.94. The van der Waals surface area contributed by atoms with Gasteiger partial charge in [-0.2, -0.15) is 5.26 Å². The van der Waals surface area contributed by atoms with Crippen molar-refractivity contribution in [2.24, 2.45) is 5.73 Å². The molecule has 0 unspecified atom stereocenters. The summed E-state index contributed by atoms with van der Waals surface area (Å²) in [5.74, 6) is -0.469. The first-order valence-corrected chi connectivity index (χ1v) is 4.45. The Morgan fingerprint density at radius 1 is 1.60 bits per heavy atom. The van der Waals surface area contributed by atoms with Crippen LogP contribution >= 0.6 is 0 Å². The summed E-state index contributed by atoms with van der Waals surface area (Å²) < 4.78 is 1.38. The smallest absolute Gasteiger partial charge is 0.268 e. The highest BCUT2D eigenvalue weighted by atomic mass is 16.1. The number of hydrogen-bond acceptors (Lipinski definition) is 3. The van der Waals surface area contributed by atoms with E-state index in [1.165, 1.54) is 10.6 Å². The van der Waals surface area contributed by atoms with Gasteiger partial charge >= 0.3 is 0 Å². The minimum absolute atomic E-state index is 0.0741. The molecule has 1 rings (SSSR count). The van der Waals surface area contributed by atoms with E-state index in [1.54, 1.807) is 19.1 Å². The van der Waals surface area contributed by atoms with Gasteiger partial charge in [0.1, 0.15) is 11.6 Å². The molecule has 78 valence electrons. The van der Waals surface area contributed by atoms with Crippen LogP contribution in [0.3, 0.4) is 0 Å². The average molecular weight is 205 g/mol. The van der Waals surface area contributed by atoms with Gasteiger partial charge in [0, 0.05) is 18.7 Å². The van der Waals surface area contributed by atoms with E-state index >= 15 is 0 Å². The molecule has 0 aliphatic heterocycles. The van der Waals surface area contributed by atoms with Crippen LogP contribution in [0.5, 0.6) is 0 Å². The average Bonchev–Trinajstić information content (AvgIpc) is 2.17. The molecule has 0 bridgehead atoms. The van der Waals surface area contributed by atoms with Gasteiger partial charge in [0.15, 0.2) is 0 Å². The Bertz CT molecular complexity index is 482. The Kier molecular flexibility index (Phi) is 3.24. The summed E-state index contributed by atoms with van der Waals surface area (Å²) >= 11 is 0. The number of primary amides is 1. The Morgan fingerprint density at radius 3 is 2.80 bits per heavy atom. The maximum absolute atomic E-state index is 11.6. The van der Waals surface area contributed by atoms with Gasteiger partial charge in [0.25, 0.3) is 5.56 Å². The van der Waals surface area contributed by atoms with Crippen molar-refractivity contribution in [2.45, 2.75) is 19.9 Å². The molecular formula is C10H11N3O2. The topological polar surface area (TPSA) is 88.9 Å². The van der Waals surface area contributed by atoms with Crippen LogP contribution in [0.25, 0.3) is 0 Å². The SMILES string of the molecule is Cc1ccc(C#N)c(=O)n1CCC(N)=O. The second-order valence-electron chi connectivity index (χ2n) is 3.17. The van der Waals surface area contributed by atoms with Gasteiger partial charge in [-0.25, -0.2) is 0 Å². The molecule has 0 aromatic carbocycles. The third-order valence-electron chi connectivity index (χ3n) is 2.09. The summed E-state index contributed by atoms with van der Waals surface area (Å²) in [5.41, 5.74) is 5.40. The normalized spacial score (nSPS) is 9.60. The van der Waals surface area contributed by atoms with E-state index in [0.717, 1.165) is 0 Å². The second kappa shape index (κ2) is 4.42. The lowest BCUT2D eigenvalue weighted by Gasteiger charge is -2.08. The first-order chi connectivity index (χ1) is 7.06. The van der Waals surface area contributed by atoms with Gasteiger partial charge in [0.05, 0.1) is 0 Å². The number of aromatic nitrogens is 1. The quantitative estimate of drug-likeness (QED) is 0.747. The Hall–Kier alpha value is -2.09. The zero-order valence-corrected chi connectivity index (χ0v) is 8.36.